The molecule has 0 aliphatic heterocycles. The van der Waals surface area contributed by atoms with Crippen LogP contribution in [-0.4, -0.2) is 5.91 Å². The number of hydrogen-bond donors (Lipinski definition) is 1. The van der Waals surface area contributed by atoms with E-state index in [4.69, 9.17) is 0 Å². The van der Waals surface area contributed by atoms with Gasteiger partial charge >= 0.3 is 0 Å². The van der Waals surface area contributed by atoms with Crippen LogP contribution in [-0.2, 0) is 19.3 Å². The number of hydrogen-bond acceptors (Lipinski definition) is 2. The molecule has 3 heteroatoms. The van der Waals surface area contributed by atoms with Crippen LogP contribution in [0.1, 0.15) is 46.6 Å². The van der Waals surface area contributed by atoms with Gasteiger partial charge in [-0.05, 0) is 48.8 Å². The lowest BCUT2D eigenvalue weighted by Crippen LogP contribution is -2.17. The fourth-order valence-electron chi connectivity index (χ4n) is 3.01. The molecule has 2 nitrogen and oxygen atoms in total. The van der Waals surface area contributed by atoms with E-state index in [1.165, 1.54) is 22.4 Å². The van der Waals surface area contributed by atoms with Gasteiger partial charge in [0.1, 0.15) is 0 Å². The normalized spacial score (nSPS) is 17.3. The number of amides is 1. The number of anilines is 1. The second-order valence-electron chi connectivity index (χ2n) is 5.86. The maximum absolute atomic E-state index is 12.6. The second-order valence-corrected chi connectivity index (χ2v) is 6.83. The van der Waals surface area contributed by atoms with Crippen molar-refractivity contribution < 1.29 is 4.79 Å². The van der Waals surface area contributed by atoms with E-state index >= 15 is 0 Å². The molecule has 1 aromatic heterocycles. The standard InChI is InChI=1S/C18H21NOS/c1-3-13-6-4-5-7-16(13)19-18(20)15-11-21-17-10-12(2)8-9-14(15)17/h4-7,11-12H,3,8-10H2,1-2H3,(H,19,20)/t12-/m1/s1. The Kier molecular flexibility index (Phi) is 4.11. The first-order chi connectivity index (χ1) is 10.2. The number of carbonyl (C=O) groups excluding carboxylic acids is 1. The number of benzene rings is 1. The molecule has 110 valence electrons. The third-order valence-corrected chi connectivity index (χ3v) is 5.34. The Morgan fingerprint density at radius 1 is 1.38 bits per heavy atom. The van der Waals surface area contributed by atoms with Crippen LogP contribution in [0.3, 0.4) is 0 Å². The van der Waals surface area contributed by atoms with Crippen LogP contribution in [0.2, 0.25) is 0 Å². The van der Waals surface area contributed by atoms with E-state index in [-0.39, 0.29) is 5.91 Å². The van der Waals surface area contributed by atoms with Crippen LogP contribution in [0.25, 0.3) is 0 Å². The monoisotopic (exact) mass is 299 g/mol. The zero-order chi connectivity index (χ0) is 14.8. The molecule has 1 atom stereocenters. The summed E-state index contributed by atoms with van der Waals surface area (Å²) in [5.41, 5.74) is 4.29. The highest BCUT2D eigenvalue weighted by Crippen LogP contribution is 2.33. The summed E-state index contributed by atoms with van der Waals surface area (Å²) in [5, 5.41) is 5.13. The van der Waals surface area contributed by atoms with Crippen LogP contribution >= 0.6 is 11.3 Å². The van der Waals surface area contributed by atoms with E-state index in [0.717, 1.165) is 36.4 Å². The van der Waals surface area contributed by atoms with Crippen LogP contribution in [0.15, 0.2) is 29.6 Å². The Balaban J connectivity index is 1.83. The molecular weight excluding hydrogens is 278 g/mol. The fraction of sp³-hybridized carbons (Fsp3) is 0.389. The van der Waals surface area contributed by atoms with Gasteiger partial charge in [-0.3, -0.25) is 4.79 Å². The van der Waals surface area contributed by atoms with Crippen molar-refractivity contribution in [2.45, 2.75) is 39.5 Å². The summed E-state index contributed by atoms with van der Waals surface area (Å²) < 4.78 is 0. The molecule has 0 unspecified atom stereocenters. The van der Waals surface area contributed by atoms with Gasteiger partial charge in [0.2, 0.25) is 0 Å². The lowest BCUT2D eigenvalue weighted by Gasteiger charge is -2.19. The average molecular weight is 299 g/mol. The highest BCUT2D eigenvalue weighted by molar-refractivity contribution is 7.10. The van der Waals surface area contributed by atoms with Gasteiger partial charge in [0.25, 0.3) is 5.91 Å². The van der Waals surface area contributed by atoms with Gasteiger partial charge in [-0.2, -0.15) is 0 Å². The summed E-state index contributed by atoms with van der Waals surface area (Å²) in [6, 6.07) is 8.04. The van der Waals surface area contributed by atoms with E-state index in [1.807, 2.05) is 23.6 Å². The summed E-state index contributed by atoms with van der Waals surface area (Å²) in [6.07, 6.45) is 4.28. The first-order valence-electron chi connectivity index (χ1n) is 7.67. The van der Waals surface area contributed by atoms with Crippen molar-refractivity contribution >= 4 is 22.9 Å². The Labute approximate surface area is 130 Å². The van der Waals surface area contributed by atoms with Gasteiger partial charge < -0.3 is 5.32 Å². The number of fused-ring (bicyclic) bond motifs is 1. The van der Waals surface area contributed by atoms with Gasteiger partial charge in [-0.1, -0.05) is 32.0 Å². The minimum Gasteiger partial charge on any atom is -0.322 e. The Hall–Kier alpha value is -1.61. The van der Waals surface area contributed by atoms with Crippen molar-refractivity contribution in [1.82, 2.24) is 0 Å². The maximum Gasteiger partial charge on any atom is 0.256 e. The largest absolute Gasteiger partial charge is 0.322 e. The molecule has 0 saturated heterocycles. The molecule has 0 radical (unpaired) electrons. The summed E-state index contributed by atoms with van der Waals surface area (Å²) in [4.78, 5) is 14.0. The molecule has 0 spiro atoms. The number of carbonyl (C=O) groups is 1. The quantitative estimate of drug-likeness (QED) is 0.875. The molecule has 1 N–H and O–H groups in total. The van der Waals surface area contributed by atoms with Gasteiger partial charge in [0.05, 0.1) is 5.56 Å². The van der Waals surface area contributed by atoms with Crippen LogP contribution < -0.4 is 5.32 Å². The van der Waals surface area contributed by atoms with Gasteiger partial charge in [-0.15, -0.1) is 11.3 Å². The lowest BCUT2D eigenvalue weighted by molar-refractivity contribution is 0.102. The summed E-state index contributed by atoms with van der Waals surface area (Å²) in [7, 11) is 0. The van der Waals surface area contributed by atoms with Crippen LogP contribution in [0, 0.1) is 5.92 Å². The molecule has 1 amide bonds. The Morgan fingerprint density at radius 3 is 3.00 bits per heavy atom. The van der Waals surface area contributed by atoms with E-state index in [9.17, 15) is 4.79 Å². The number of rotatable bonds is 3. The summed E-state index contributed by atoms with van der Waals surface area (Å²) in [5.74, 6) is 0.788. The van der Waals surface area contributed by atoms with E-state index in [2.05, 4.69) is 25.2 Å². The van der Waals surface area contributed by atoms with Gasteiger partial charge in [0.15, 0.2) is 0 Å². The Morgan fingerprint density at radius 2 is 2.19 bits per heavy atom. The van der Waals surface area contributed by atoms with Crippen molar-refractivity contribution in [3.63, 3.8) is 0 Å². The predicted octanol–water partition coefficient (Wildman–Crippen LogP) is 4.69. The molecule has 1 heterocycles. The molecule has 0 bridgehead atoms. The van der Waals surface area contributed by atoms with Gasteiger partial charge in [0, 0.05) is 15.9 Å². The molecule has 1 aliphatic rings. The molecular formula is C18H21NOS. The van der Waals surface area contributed by atoms with E-state index < -0.39 is 0 Å². The first kappa shape index (κ1) is 14.3. The topological polar surface area (TPSA) is 29.1 Å². The molecule has 1 aromatic carbocycles. The SMILES string of the molecule is CCc1ccccc1NC(=O)c1csc2c1CC[C@@H](C)C2. The highest BCUT2D eigenvalue weighted by Gasteiger charge is 2.23. The highest BCUT2D eigenvalue weighted by atomic mass is 32.1. The number of nitrogens with one attached hydrogen (secondary N) is 1. The maximum atomic E-state index is 12.6. The minimum absolute atomic E-state index is 0.0444. The summed E-state index contributed by atoms with van der Waals surface area (Å²) in [6.45, 7) is 4.40. The van der Waals surface area contributed by atoms with E-state index in [1.54, 1.807) is 11.3 Å². The van der Waals surface area contributed by atoms with Gasteiger partial charge in [-0.25, -0.2) is 0 Å². The molecule has 21 heavy (non-hydrogen) atoms. The lowest BCUT2D eigenvalue weighted by atomic mass is 9.88. The zero-order valence-electron chi connectivity index (χ0n) is 12.6. The van der Waals surface area contributed by atoms with Crippen molar-refractivity contribution in [1.29, 1.82) is 0 Å². The molecule has 1 aliphatic carbocycles. The first-order valence-corrected chi connectivity index (χ1v) is 8.55. The second kappa shape index (κ2) is 6.02. The number of aryl methyl sites for hydroxylation is 1. The number of thiophene rings is 1. The van der Waals surface area contributed by atoms with Crippen molar-refractivity contribution in [2.24, 2.45) is 5.92 Å². The smallest absolute Gasteiger partial charge is 0.256 e. The zero-order valence-corrected chi connectivity index (χ0v) is 13.4. The third kappa shape index (κ3) is 2.88. The molecule has 0 fully saturated rings. The summed E-state index contributed by atoms with van der Waals surface area (Å²) >= 11 is 1.74. The number of para-hydroxylation sites is 1. The van der Waals surface area contributed by atoms with E-state index in [0.29, 0.717) is 0 Å². The van der Waals surface area contributed by atoms with Crippen LogP contribution in [0.4, 0.5) is 5.69 Å². The Bertz CT molecular complexity index is 659. The molecule has 0 saturated carbocycles. The molecule has 3 rings (SSSR count). The minimum atomic E-state index is 0.0444. The van der Waals surface area contributed by atoms with Crippen molar-refractivity contribution in [3.8, 4) is 0 Å². The van der Waals surface area contributed by atoms with Crippen molar-refractivity contribution in [2.75, 3.05) is 5.32 Å². The van der Waals surface area contributed by atoms with Crippen molar-refractivity contribution in [3.05, 3.63) is 51.2 Å². The fourth-order valence-corrected chi connectivity index (χ4v) is 4.25. The third-order valence-electron chi connectivity index (χ3n) is 4.29. The predicted molar refractivity (Wildman–Crippen MR) is 89.3 cm³/mol. The van der Waals surface area contributed by atoms with Crippen LogP contribution in [0.5, 0.6) is 0 Å². The molecule has 2 aromatic rings. The average Bonchev–Trinajstić information content (AvgIpc) is 2.90.